The van der Waals surface area contributed by atoms with Crippen LogP contribution in [0.3, 0.4) is 0 Å². The summed E-state index contributed by atoms with van der Waals surface area (Å²) in [6.07, 6.45) is -1.02. The van der Waals surface area contributed by atoms with Crippen molar-refractivity contribution in [3.8, 4) is 0 Å². The molecule has 0 spiro atoms. The number of anilines is 1. The Labute approximate surface area is 141 Å². The van der Waals surface area contributed by atoms with Crippen LogP contribution in [0.5, 0.6) is 0 Å². The summed E-state index contributed by atoms with van der Waals surface area (Å²) in [4.78, 5) is 31.5. The second kappa shape index (κ2) is 5.42. The average molecular weight is 345 g/mol. The van der Waals surface area contributed by atoms with Gasteiger partial charge in [0.05, 0.1) is 5.69 Å². The number of carbonyl (C=O) groups excluding carboxylic acids is 2. The number of fused-ring (bicyclic) bond motifs is 1. The van der Waals surface area contributed by atoms with Crippen LogP contribution >= 0.6 is 11.6 Å². The van der Waals surface area contributed by atoms with Crippen molar-refractivity contribution in [3.05, 3.63) is 64.9 Å². The summed E-state index contributed by atoms with van der Waals surface area (Å²) in [5, 5.41) is 4.32. The van der Waals surface area contributed by atoms with Crippen molar-refractivity contribution >= 4 is 34.8 Å². The number of halogens is 2. The Hall–Kier alpha value is -2.73. The maximum atomic E-state index is 13.1. The van der Waals surface area contributed by atoms with Crippen molar-refractivity contribution in [3.63, 3.8) is 0 Å². The van der Waals surface area contributed by atoms with Crippen LogP contribution in [0, 0.1) is 11.7 Å². The third kappa shape index (κ3) is 2.11. The number of hydrogen-bond donors (Lipinski definition) is 0. The predicted molar refractivity (Wildman–Crippen MR) is 85.2 cm³/mol. The second-order valence-electron chi connectivity index (χ2n) is 5.45. The largest absolute Gasteiger partial charge is 0.381 e. The van der Waals surface area contributed by atoms with Crippen LogP contribution in [0.1, 0.15) is 5.56 Å². The molecule has 24 heavy (non-hydrogen) atoms. The quantitative estimate of drug-likeness (QED) is 0.787. The smallest absolute Gasteiger partial charge is 0.278 e. The summed E-state index contributed by atoms with van der Waals surface area (Å²) >= 11 is 6.16. The summed E-state index contributed by atoms with van der Waals surface area (Å²) in [5.74, 6) is -2.30. The molecule has 1 fully saturated rings. The first-order valence-electron chi connectivity index (χ1n) is 7.20. The van der Waals surface area contributed by atoms with Gasteiger partial charge in [-0.2, -0.15) is 0 Å². The highest BCUT2D eigenvalue weighted by Crippen LogP contribution is 2.36. The van der Waals surface area contributed by atoms with Gasteiger partial charge in [0.2, 0.25) is 12.0 Å². The number of rotatable bonds is 2. The van der Waals surface area contributed by atoms with Gasteiger partial charge in [0.15, 0.2) is 0 Å². The van der Waals surface area contributed by atoms with Gasteiger partial charge in [-0.05, 0) is 30.3 Å². The fourth-order valence-corrected chi connectivity index (χ4v) is 3.15. The molecule has 2 aliphatic heterocycles. The lowest BCUT2D eigenvalue weighted by molar-refractivity contribution is -0.126. The normalized spacial score (nSPS) is 22.4. The Morgan fingerprint density at radius 1 is 1.04 bits per heavy atom. The van der Waals surface area contributed by atoms with Gasteiger partial charge in [-0.3, -0.25) is 9.59 Å². The van der Waals surface area contributed by atoms with Crippen LogP contribution < -0.4 is 4.90 Å². The van der Waals surface area contributed by atoms with Crippen molar-refractivity contribution in [2.45, 2.75) is 6.10 Å². The van der Waals surface area contributed by atoms with Crippen molar-refractivity contribution in [1.29, 1.82) is 0 Å². The van der Waals surface area contributed by atoms with Gasteiger partial charge in [0.25, 0.3) is 5.91 Å². The van der Waals surface area contributed by atoms with Gasteiger partial charge in [-0.1, -0.05) is 35.0 Å². The summed E-state index contributed by atoms with van der Waals surface area (Å²) < 4.78 is 13.1. The molecule has 2 heterocycles. The SMILES string of the molecule is O=C1[C@H]2C(c3ccccc3Cl)=NO[C@@H]2C(=O)N1c1ccc(F)cc1. The van der Waals surface area contributed by atoms with Crippen LogP contribution in [0.4, 0.5) is 10.1 Å². The molecule has 2 aliphatic rings. The first-order valence-corrected chi connectivity index (χ1v) is 7.57. The molecule has 0 N–H and O–H groups in total. The van der Waals surface area contributed by atoms with Gasteiger partial charge in [0, 0.05) is 10.6 Å². The van der Waals surface area contributed by atoms with Crippen LogP contribution in [0.2, 0.25) is 5.02 Å². The van der Waals surface area contributed by atoms with Gasteiger partial charge in [-0.15, -0.1) is 0 Å². The minimum atomic E-state index is -1.02. The minimum Gasteiger partial charge on any atom is -0.381 e. The van der Waals surface area contributed by atoms with Crippen molar-refractivity contribution < 1.29 is 18.8 Å². The fraction of sp³-hybridized carbons (Fsp3) is 0.118. The summed E-state index contributed by atoms with van der Waals surface area (Å²) in [6.45, 7) is 0. The van der Waals surface area contributed by atoms with Crippen LogP contribution in [-0.4, -0.2) is 23.6 Å². The lowest BCUT2D eigenvalue weighted by atomic mass is 9.94. The zero-order valence-corrected chi connectivity index (χ0v) is 12.9. The van der Waals surface area contributed by atoms with Crippen LogP contribution in [0.25, 0.3) is 0 Å². The minimum absolute atomic E-state index is 0.294. The number of imide groups is 1. The average Bonchev–Trinajstić information content (AvgIpc) is 3.10. The Morgan fingerprint density at radius 3 is 2.46 bits per heavy atom. The van der Waals surface area contributed by atoms with Crippen LogP contribution in [-0.2, 0) is 14.4 Å². The molecule has 0 aromatic heterocycles. The molecule has 0 aliphatic carbocycles. The second-order valence-corrected chi connectivity index (χ2v) is 5.86. The van der Waals surface area contributed by atoms with Gasteiger partial charge in [-0.25, -0.2) is 9.29 Å². The van der Waals surface area contributed by atoms with Crippen molar-refractivity contribution in [2.24, 2.45) is 11.1 Å². The molecule has 0 unspecified atom stereocenters. The first-order chi connectivity index (χ1) is 11.6. The topological polar surface area (TPSA) is 59.0 Å². The number of hydrogen-bond acceptors (Lipinski definition) is 4. The Morgan fingerprint density at radius 2 is 1.75 bits per heavy atom. The molecule has 5 nitrogen and oxygen atoms in total. The van der Waals surface area contributed by atoms with Crippen LogP contribution in [0.15, 0.2) is 53.7 Å². The Bertz CT molecular complexity index is 882. The van der Waals surface area contributed by atoms with Gasteiger partial charge in [0.1, 0.15) is 17.4 Å². The van der Waals surface area contributed by atoms with E-state index in [-0.39, 0.29) is 0 Å². The molecule has 0 radical (unpaired) electrons. The maximum absolute atomic E-state index is 13.1. The zero-order chi connectivity index (χ0) is 16.8. The van der Waals surface area contributed by atoms with E-state index in [1.807, 2.05) is 0 Å². The van der Waals surface area contributed by atoms with Crippen molar-refractivity contribution in [2.75, 3.05) is 4.90 Å². The van der Waals surface area contributed by atoms with E-state index in [1.54, 1.807) is 24.3 Å². The molecule has 2 atom stereocenters. The van der Waals surface area contributed by atoms with E-state index in [2.05, 4.69) is 5.16 Å². The lowest BCUT2D eigenvalue weighted by Crippen LogP contribution is -2.33. The first kappa shape index (κ1) is 14.8. The lowest BCUT2D eigenvalue weighted by Gasteiger charge is -2.15. The predicted octanol–water partition coefficient (Wildman–Crippen LogP) is 2.77. The highest BCUT2D eigenvalue weighted by molar-refractivity contribution is 6.38. The van der Waals surface area contributed by atoms with E-state index in [0.717, 1.165) is 4.90 Å². The fourth-order valence-electron chi connectivity index (χ4n) is 2.91. The zero-order valence-electron chi connectivity index (χ0n) is 12.1. The highest BCUT2D eigenvalue weighted by atomic mass is 35.5. The molecule has 0 bridgehead atoms. The van der Waals surface area contributed by atoms with Gasteiger partial charge >= 0.3 is 0 Å². The Kier molecular flexibility index (Phi) is 3.35. The third-order valence-corrected chi connectivity index (χ3v) is 4.38. The molecule has 0 saturated carbocycles. The molecule has 4 rings (SSSR count). The van der Waals surface area contributed by atoms with Crippen molar-refractivity contribution in [1.82, 2.24) is 0 Å². The Balaban J connectivity index is 1.73. The highest BCUT2D eigenvalue weighted by Gasteiger charge is 2.56. The molecule has 2 aromatic carbocycles. The summed E-state index contributed by atoms with van der Waals surface area (Å²) in [6, 6.07) is 12.0. The number of oxime groups is 1. The molecule has 120 valence electrons. The molecule has 1 saturated heterocycles. The molecule has 2 amide bonds. The number of benzene rings is 2. The molecular formula is C17H10ClFN2O3. The number of nitrogens with zero attached hydrogens (tertiary/aromatic N) is 2. The van der Waals surface area contributed by atoms with Gasteiger partial charge < -0.3 is 4.84 Å². The molecule has 2 aromatic rings. The number of carbonyl (C=O) groups is 2. The number of amides is 2. The molecule has 7 heteroatoms. The standard InChI is InChI=1S/C17H10ClFN2O3/c18-12-4-2-1-3-11(12)14-13-15(24-20-14)17(23)21(16(13)22)10-7-5-9(19)6-8-10/h1-8,13,15H/t13-,15-/m0/s1. The van der Waals surface area contributed by atoms with E-state index in [9.17, 15) is 14.0 Å². The summed E-state index contributed by atoms with van der Waals surface area (Å²) in [5.41, 5.74) is 1.17. The van der Waals surface area contributed by atoms with E-state index in [0.29, 0.717) is 22.0 Å². The van der Waals surface area contributed by atoms with E-state index < -0.39 is 29.7 Å². The van der Waals surface area contributed by atoms with E-state index in [4.69, 9.17) is 16.4 Å². The molecular weight excluding hydrogens is 335 g/mol. The maximum Gasteiger partial charge on any atom is 0.278 e. The third-order valence-electron chi connectivity index (χ3n) is 4.05. The van der Waals surface area contributed by atoms with E-state index >= 15 is 0 Å². The summed E-state index contributed by atoms with van der Waals surface area (Å²) in [7, 11) is 0. The van der Waals surface area contributed by atoms with E-state index in [1.165, 1.54) is 24.3 Å². The monoisotopic (exact) mass is 344 g/mol.